The van der Waals surface area contributed by atoms with Crippen molar-refractivity contribution in [3.8, 4) is 5.75 Å². The Bertz CT molecular complexity index is 862. The van der Waals surface area contributed by atoms with Crippen LogP contribution in [-0.4, -0.2) is 29.8 Å². The van der Waals surface area contributed by atoms with E-state index in [2.05, 4.69) is 5.32 Å². The van der Waals surface area contributed by atoms with Crippen molar-refractivity contribution < 1.29 is 14.3 Å². The van der Waals surface area contributed by atoms with E-state index in [1.165, 1.54) is 4.90 Å². The summed E-state index contributed by atoms with van der Waals surface area (Å²) in [7, 11) is 1.57. The molecule has 1 N–H and O–H groups in total. The summed E-state index contributed by atoms with van der Waals surface area (Å²) in [6.07, 6.45) is 5.34. The van der Waals surface area contributed by atoms with Crippen LogP contribution < -0.4 is 10.1 Å². The molecule has 0 atom stereocenters. The number of nitrogens with one attached hydrogen (secondary N) is 1. The number of ether oxygens (including phenoxy) is 1. The first-order chi connectivity index (χ1) is 12.7. The highest BCUT2D eigenvalue weighted by atomic mass is 32.2. The monoisotopic (exact) mass is 366 g/mol. The Hall–Kier alpha value is -2.99. The molecule has 1 saturated heterocycles. The Morgan fingerprint density at radius 1 is 1.08 bits per heavy atom. The molecule has 26 heavy (non-hydrogen) atoms. The number of nitrogens with zero attached hydrogens (tertiary/aromatic N) is 1. The van der Waals surface area contributed by atoms with E-state index in [0.717, 1.165) is 23.0 Å². The van der Waals surface area contributed by atoms with E-state index in [9.17, 15) is 9.59 Å². The molecule has 1 aliphatic rings. The van der Waals surface area contributed by atoms with E-state index < -0.39 is 0 Å². The van der Waals surface area contributed by atoms with E-state index in [1.54, 1.807) is 19.3 Å². The third-order valence-electron chi connectivity index (χ3n) is 3.74. The number of imide groups is 1. The fraction of sp³-hybridized carbons (Fsp3) is 0.100. The number of allylic oxidation sites excluding steroid dienone is 2. The van der Waals surface area contributed by atoms with Gasteiger partial charge in [-0.1, -0.05) is 54.6 Å². The van der Waals surface area contributed by atoms with E-state index in [4.69, 9.17) is 4.74 Å². The number of methoxy groups -OCH3 is 1. The van der Waals surface area contributed by atoms with Crippen LogP contribution in [0.15, 0.2) is 71.7 Å². The lowest BCUT2D eigenvalue weighted by Crippen LogP contribution is -2.33. The van der Waals surface area contributed by atoms with E-state index >= 15 is 0 Å². The molecule has 0 saturated carbocycles. The lowest BCUT2D eigenvalue weighted by molar-refractivity contribution is -0.122. The van der Waals surface area contributed by atoms with Gasteiger partial charge in [0.25, 0.3) is 11.1 Å². The molecule has 0 radical (unpaired) electrons. The number of carbonyl (C=O) groups is 2. The first-order valence-corrected chi connectivity index (χ1v) is 8.84. The zero-order valence-electron chi connectivity index (χ0n) is 14.2. The highest BCUT2D eigenvalue weighted by molar-refractivity contribution is 8.18. The second-order valence-corrected chi connectivity index (χ2v) is 6.43. The number of carbonyl (C=O) groups excluding carboxylic acids is 2. The zero-order chi connectivity index (χ0) is 18.4. The molecule has 0 aliphatic carbocycles. The van der Waals surface area contributed by atoms with Gasteiger partial charge < -0.3 is 10.1 Å². The Morgan fingerprint density at radius 2 is 1.81 bits per heavy atom. The minimum atomic E-state index is -0.305. The molecule has 0 unspecified atom stereocenters. The predicted octanol–water partition coefficient (Wildman–Crippen LogP) is 4.36. The van der Waals surface area contributed by atoms with Gasteiger partial charge in [-0.15, -0.1) is 0 Å². The van der Waals surface area contributed by atoms with Crippen LogP contribution >= 0.6 is 11.8 Å². The molecule has 132 valence electrons. The van der Waals surface area contributed by atoms with Gasteiger partial charge in [-0.3, -0.25) is 14.5 Å². The highest BCUT2D eigenvalue weighted by Crippen LogP contribution is 2.31. The summed E-state index contributed by atoms with van der Waals surface area (Å²) >= 11 is 0.938. The quantitative estimate of drug-likeness (QED) is 0.770. The molecule has 2 aromatic rings. The summed E-state index contributed by atoms with van der Waals surface area (Å²) in [6.45, 7) is 0.0881. The van der Waals surface area contributed by atoms with Crippen molar-refractivity contribution in [2.75, 3.05) is 19.1 Å². The van der Waals surface area contributed by atoms with Crippen LogP contribution in [0.4, 0.5) is 10.5 Å². The van der Waals surface area contributed by atoms with Crippen LogP contribution in [0.25, 0.3) is 6.08 Å². The van der Waals surface area contributed by atoms with Crippen LogP contribution in [0.5, 0.6) is 5.75 Å². The standard InChI is InChI=1S/C20H18N2O3S/c1-25-17-12-6-5-11-16(17)21-14-22-19(23)18(26-20(22)24)13-7-10-15-8-3-2-4-9-15/h2-13,21H,14H2,1H3. The van der Waals surface area contributed by atoms with E-state index in [1.807, 2.05) is 60.7 Å². The smallest absolute Gasteiger partial charge is 0.295 e. The van der Waals surface area contributed by atoms with Gasteiger partial charge in [-0.2, -0.15) is 0 Å². The lowest BCUT2D eigenvalue weighted by Gasteiger charge is -2.16. The maximum atomic E-state index is 12.4. The van der Waals surface area contributed by atoms with Crippen molar-refractivity contribution in [1.82, 2.24) is 4.90 Å². The maximum absolute atomic E-state index is 12.4. The molecule has 1 fully saturated rings. The summed E-state index contributed by atoms with van der Waals surface area (Å²) < 4.78 is 5.25. The molecule has 0 bridgehead atoms. The Kier molecular flexibility index (Phi) is 5.76. The number of hydrogen-bond acceptors (Lipinski definition) is 5. The third kappa shape index (κ3) is 4.15. The molecule has 5 nitrogen and oxygen atoms in total. The number of benzene rings is 2. The van der Waals surface area contributed by atoms with Crippen LogP contribution in [-0.2, 0) is 4.79 Å². The second-order valence-electron chi connectivity index (χ2n) is 5.44. The predicted molar refractivity (Wildman–Crippen MR) is 105 cm³/mol. The molecule has 0 spiro atoms. The number of hydrogen-bond donors (Lipinski definition) is 1. The summed E-state index contributed by atoms with van der Waals surface area (Å²) in [5.41, 5.74) is 1.75. The summed E-state index contributed by atoms with van der Waals surface area (Å²) in [4.78, 5) is 26.2. The molecule has 2 aromatic carbocycles. The van der Waals surface area contributed by atoms with Gasteiger partial charge in [-0.25, -0.2) is 0 Å². The average molecular weight is 366 g/mol. The van der Waals surface area contributed by atoms with Gasteiger partial charge in [0, 0.05) is 0 Å². The number of anilines is 1. The van der Waals surface area contributed by atoms with Crippen molar-refractivity contribution >= 4 is 34.7 Å². The van der Waals surface area contributed by atoms with Crippen LogP contribution in [0, 0.1) is 0 Å². The van der Waals surface area contributed by atoms with Gasteiger partial charge in [-0.05, 0) is 35.5 Å². The number of rotatable bonds is 6. The normalized spacial score (nSPS) is 15.9. The number of para-hydroxylation sites is 2. The second kappa shape index (κ2) is 8.40. The van der Waals surface area contributed by atoms with Crippen LogP contribution in [0.2, 0.25) is 0 Å². The Morgan fingerprint density at radius 3 is 2.58 bits per heavy atom. The minimum Gasteiger partial charge on any atom is -0.495 e. The summed E-state index contributed by atoms with van der Waals surface area (Å²) in [6, 6.07) is 17.1. The lowest BCUT2D eigenvalue weighted by atomic mass is 10.2. The van der Waals surface area contributed by atoms with Crippen molar-refractivity contribution in [2.24, 2.45) is 0 Å². The fourth-order valence-corrected chi connectivity index (χ4v) is 3.21. The summed E-state index contributed by atoms with van der Waals surface area (Å²) in [5.74, 6) is 0.348. The molecule has 1 heterocycles. The molecule has 6 heteroatoms. The van der Waals surface area contributed by atoms with E-state index in [-0.39, 0.29) is 17.8 Å². The average Bonchev–Trinajstić information content (AvgIpc) is 2.94. The molecule has 1 aliphatic heterocycles. The van der Waals surface area contributed by atoms with Crippen LogP contribution in [0.3, 0.4) is 0 Å². The molecule has 0 aromatic heterocycles. The number of amides is 2. The van der Waals surface area contributed by atoms with Gasteiger partial charge >= 0.3 is 0 Å². The SMILES string of the molecule is COc1ccccc1NCN1C(=O)SC(=CC=Cc2ccccc2)C1=O. The number of thioether (sulfide) groups is 1. The van der Waals surface area contributed by atoms with Gasteiger partial charge in [0.2, 0.25) is 0 Å². The van der Waals surface area contributed by atoms with Crippen molar-refractivity contribution in [2.45, 2.75) is 0 Å². The van der Waals surface area contributed by atoms with Gasteiger partial charge in [0.1, 0.15) is 5.75 Å². The van der Waals surface area contributed by atoms with Gasteiger partial charge in [0.15, 0.2) is 0 Å². The van der Waals surface area contributed by atoms with Crippen molar-refractivity contribution in [3.05, 3.63) is 77.2 Å². The topological polar surface area (TPSA) is 58.6 Å². The minimum absolute atomic E-state index is 0.0881. The van der Waals surface area contributed by atoms with Crippen molar-refractivity contribution in [3.63, 3.8) is 0 Å². The highest BCUT2D eigenvalue weighted by Gasteiger charge is 2.34. The van der Waals surface area contributed by atoms with Crippen LogP contribution in [0.1, 0.15) is 5.56 Å². The third-order valence-corrected chi connectivity index (χ3v) is 4.67. The summed E-state index contributed by atoms with van der Waals surface area (Å²) in [5, 5.41) is 2.78. The van der Waals surface area contributed by atoms with E-state index in [0.29, 0.717) is 10.7 Å². The maximum Gasteiger partial charge on any atom is 0.295 e. The first kappa shape index (κ1) is 17.8. The molecule has 2 amide bonds. The molecule has 3 rings (SSSR count). The fourth-order valence-electron chi connectivity index (χ4n) is 2.42. The van der Waals surface area contributed by atoms with Crippen molar-refractivity contribution in [1.29, 1.82) is 0 Å². The Balaban J connectivity index is 1.65. The van der Waals surface area contributed by atoms with Gasteiger partial charge in [0.05, 0.1) is 24.4 Å². The molecular weight excluding hydrogens is 348 g/mol. The Labute approximate surface area is 156 Å². The zero-order valence-corrected chi connectivity index (χ0v) is 15.0. The first-order valence-electron chi connectivity index (χ1n) is 8.03. The molecular formula is C20H18N2O3S. The largest absolute Gasteiger partial charge is 0.495 e.